The lowest BCUT2D eigenvalue weighted by Crippen LogP contribution is -2.26. The molecule has 510 valence electrons. The zero-order valence-electron chi connectivity index (χ0n) is 60.9. The average Bonchev–Trinajstić information content (AvgIpc) is 1.43. The number of rotatable bonds is 13. The first-order chi connectivity index (χ1) is 52.2. The van der Waals surface area contributed by atoms with E-state index in [1.807, 2.05) is 23.5 Å². The molecule has 3 aliphatic rings. The van der Waals surface area contributed by atoms with Crippen LogP contribution in [0.4, 0.5) is 34.1 Å². The highest BCUT2D eigenvalue weighted by molar-refractivity contribution is 7.25. The highest BCUT2D eigenvalue weighted by Gasteiger charge is 2.39. The summed E-state index contributed by atoms with van der Waals surface area (Å²) in [7, 11) is 0. The van der Waals surface area contributed by atoms with Crippen LogP contribution in [0.1, 0.15) is 86.1 Å². The molecule has 4 heteroatoms. The zero-order valence-corrected chi connectivity index (χ0v) is 61.7. The summed E-state index contributed by atoms with van der Waals surface area (Å²) in [6.07, 6.45) is 3.79. The molecule has 15 aromatic carbocycles. The van der Waals surface area contributed by atoms with Crippen molar-refractivity contribution in [3.05, 3.63) is 379 Å². The molecule has 17 aromatic rings. The van der Waals surface area contributed by atoms with Crippen LogP contribution in [0.2, 0.25) is 0 Å². The molecule has 0 saturated heterocycles. The standard InChI is InChI=1S/C103H77N3S/c1-9-64-23-27-66(28-24-64)68-31-42-76(43-32-68)104(80-50-52-84-82-17-11-13-19-90(82)101(3,4)93(84)62-80)78-46-35-70(36-47-78)72-39-54-96-86(57-72)89-60-75(61-95-100(89)106(96)97-22-16-15-21-92(97)103(95,7)8)74-41-56-99-88(59-74)87-58-73(40-55-98(87)107-99)71-37-48-79(49-38-71)105(77-44-33-69(34-45-77)67-29-25-65(10-2)26-30-67)81-51-53-85-83-18-12-14-20-91(83)102(5,6)94(85)63-81/h9-63H,1-2H2,3-8H3. The Labute approximate surface area is 630 Å². The number of aromatic nitrogens is 1. The van der Waals surface area contributed by atoms with Crippen LogP contribution in [0.25, 0.3) is 138 Å². The summed E-state index contributed by atoms with van der Waals surface area (Å²) in [5.41, 5.74) is 37.3. The molecule has 0 spiro atoms. The minimum Gasteiger partial charge on any atom is -0.310 e. The second-order valence-electron chi connectivity index (χ2n) is 31.0. The summed E-state index contributed by atoms with van der Waals surface area (Å²) in [5.74, 6) is 0. The molecule has 0 N–H and O–H groups in total. The number of benzene rings is 15. The maximum Gasteiger partial charge on any atom is 0.0582 e. The molecule has 1 aliphatic heterocycles. The van der Waals surface area contributed by atoms with Gasteiger partial charge in [-0.15, -0.1) is 11.3 Å². The van der Waals surface area contributed by atoms with Crippen molar-refractivity contribution in [2.75, 3.05) is 9.80 Å². The van der Waals surface area contributed by atoms with E-state index in [0.717, 1.165) is 45.3 Å². The highest BCUT2D eigenvalue weighted by atomic mass is 32.1. The minimum atomic E-state index is -0.273. The van der Waals surface area contributed by atoms with Crippen molar-refractivity contribution in [1.82, 2.24) is 4.57 Å². The van der Waals surface area contributed by atoms with Gasteiger partial charge in [-0.25, -0.2) is 0 Å². The van der Waals surface area contributed by atoms with E-state index in [-0.39, 0.29) is 16.2 Å². The lowest BCUT2D eigenvalue weighted by atomic mass is 9.74. The van der Waals surface area contributed by atoms with Crippen LogP contribution >= 0.6 is 11.3 Å². The lowest BCUT2D eigenvalue weighted by Gasteiger charge is -2.35. The fourth-order valence-corrected chi connectivity index (χ4v) is 19.2. The van der Waals surface area contributed by atoms with E-state index >= 15 is 0 Å². The van der Waals surface area contributed by atoms with Gasteiger partial charge in [-0.3, -0.25) is 0 Å². The molecule has 2 aromatic heterocycles. The summed E-state index contributed by atoms with van der Waals surface area (Å²) >= 11 is 1.88. The van der Waals surface area contributed by atoms with Gasteiger partial charge >= 0.3 is 0 Å². The van der Waals surface area contributed by atoms with Crippen molar-refractivity contribution in [2.45, 2.75) is 57.8 Å². The predicted molar refractivity (Wildman–Crippen MR) is 458 cm³/mol. The van der Waals surface area contributed by atoms with Crippen molar-refractivity contribution < 1.29 is 0 Å². The fraction of sp³-hybridized carbons (Fsp3) is 0.0874. The molecule has 3 nitrogen and oxygen atoms in total. The summed E-state index contributed by atoms with van der Waals surface area (Å²) in [6, 6.07) is 121. The molecule has 3 heterocycles. The molecule has 0 radical (unpaired) electrons. The number of hydrogen-bond acceptors (Lipinski definition) is 3. The van der Waals surface area contributed by atoms with Gasteiger partial charge in [0, 0.05) is 81.3 Å². The number of para-hydroxylation sites is 1. The largest absolute Gasteiger partial charge is 0.310 e. The zero-order chi connectivity index (χ0) is 72.2. The Morgan fingerprint density at radius 2 is 0.607 bits per heavy atom. The monoisotopic (exact) mass is 1390 g/mol. The third kappa shape index (κ3) is 10.1. The normalized spacial score (nSPS) is 13.8. The molecule has 20 rings (SSSR count). The van der Waals surface area contributed by atoms with Gasteiger partial charge in [0.1, 0.15) is 0 Å². The molecule has 0 fully saturated rings. The SMILES string of the molecule is C=Cc1ccc(-c2ccc(N(c3ccc(-c4ccc5sc6ccc(-c7cc8c9c(c7)c7cc(-c%10ccc(N(c%11ccc(-c%12ccc(C=C)cc%12)cc%11)c%11ccc%12c(c%11)C(C)(C)c%11ccccc%11-%12)cc%10)ccc7n9-c7ccccc7C8(C)C)cc6c5c4)cc3)c3ccc4c(c3)C(C)(C)c3ccccc3-4)cc2)cc1. The van der Waals surface area contributed by atoms with E-state index in [1.165, 1.54) is 159 Å². The molecule has 0 amide bonds. The molecular formula is C103H77N3S. The maximum atomic E-state index is 3.98. The number of fused-ring (bicyclic) bond motifs is 14. The van der Waals surface area contributed by atoms with Crippen LogP contribution in [0.3, 0.4) is 0 Å². The van der Waals surface area contributed by atoms with Gasteiger partial charge in [0.05, 0.1) is 16.7 Å². The number of hydrogen-bond donors (Lipinski definition) is 0. The molecule has 0 unspecified atom stereocenters. The Kier molecular flexibility index (Phi) is 14.5. The first-order valence-corrected chi connectivity index (χ1v) is 38.1. The molecule has 0 saturated carbocycles. The minimum absolute atomic E-state index is 0.139. The smallest absolute Gasteiger partial charge is 0.0582 e. The first-order valence-electron chi connectivity index (χ1n) is 37.3. The third-order valence-electron chi connectivity index (χ3n) is 23.9. The summed E-state index contributed by atoms with van der Waals surface area (Å²) in [4.78, 5) is 4.84. The van der Waals surface area contributed by atoms with Crippen molar-refractivity contribution >= 4 is 99.6 Å². The predicted octanol–water partition coefficient (Wildman–Crippen LogP) is 29.0. The van der Waals surface area contributed by atoms with E-state index in [9.17, 15) is 0 Å². The van der Waals surface area contributed by atoms with E-state index < -0.39 is 0 Å². The van der Waals surface area contributed by atoms with Gasteiger partial charge in [-0.2, -0.15) is 0 Å². The second-order valence-corrected chi connectivity index (χ2v) is 32.0. The maximum absolute atomic E-state index is 3.98. The van der Waals surface area contributed by atoms with Crippen LogP contribution in [-0.2, 0) is 16.2 Å². The fourth-order valence-electron chi connectivity index (χ4n) is 18.1. The average molecular weight is 1390 g/mol. The van der Waals surface area contributed by atoms with Gasteiger partial charge in [0.15, 0.2) is 0 Å². The Morgan fingerprint density at radius 1 is 0.271 bits per heavy atom. The third-order valence-corrected chi connectivity index (χ3v) is 25.1. The van der Waals surface area contributed by atoms with E-state index in [1.54, 1.807) is 0 Å². The van der Waals surface area contributed by atoms with Crippen LogP contribution in [0, 0.1) is 0 Å². The molecule has 2 aliphatic carbocycles. The summed E-state index contributed by atoms with van der Waals surface area (Å²) < 4.78 is 5.11. The number of thiophene rings is 1. The lowest BCUT2D eigenvalue weighted by molar-refractivity contribution is 0.630. The topological polar surface area (TPSA) is 11.4 Å². The summed E-state index contributed by atoms with van der Waals surface area (Å²) in [6.45, 7) is 22.2. The van der Waals surface area contributed by atoms with Crippen LogP contribution in [0.5, 0.6) is 0 Å². The number of nitrogens with zero attached hydrogens (tertiary/aromatic N) is 3. The van der Waals surface area contributed by atoms with E-state index in [2.05, 4.69) is 391 Å². The summed E-state index contributed by atoms with van der Waals surface area (Å²) in [5, 5.41) is 5.05. The van der Waals surface area contributed by atoms with Crippen molar-refractivity contribution in [3.63, 3.8) is 0 Å². The molecule has 0 bridgehead atoms. The Morgan fingerprint density at radius 3 is 1.06 bits per heavy atom. The molecule has 0 atom stereocenters. The van der Waals surface area contributed by atoms with E-state index in [4.69, 9.17) is 0 Å². The van der Waals surface area contributed by atoms with Crippen molar-refractivity contribution in [3.8, 4) is 83.6 Å². The quantitative estimate of drug-likeness (QED) is 0.114. The van der Waals surface area contributed by atoms with Gasteiger partial charge in [0.25, 0.3) is 0 Å². The van der Waals surface area contributed by atoms with Crippen molar-refractivity contribution in [2.24, 2.45) is 0 Å². The van der Waals surface area contributed by atoms with Gasteiger partial charge in [0.2, 0.25) is 0 Å². The van der Waals surface area contributed by atoms with Crippen LogP contribution in [0.15, 0.2) is 335 Å². The second kappa shape index (κ2) is 24.2. The molecular weight excluding hydrogens is 1310 g/mol. The van der Waals surface area contributed by atoms with Gasteiger partial charge < -0.3 is 14.4 Å². The Balaban J connectivity index is 0.658. The highest BCUT2D eigenvalue weighted by Crippen LogP contribution is 2.55. The Bertz CT molecular complexity index is 6520. The molecule has 107 heavy (non-hydrogen) atoms. The van der Waals surface area contributed by atoms with Crippen molar-refractivity contribution in [1.29, 1.82) is 0 Å². The van der Waals surface area contributed by atoms with Crippen LogP contribution in [-0.4, -0.2) is 4.57 Å². The van der Waals surface area contributed by atoms with Gasteiger partial charge in [-0.1, -0.05) is 261 Å². The Hall–Kier alpha value is -12.6. The first kappa shape index (κ1) is 64.0. The van der Waals surface area contributed by atoms with E-state index in [0.29, 0.717) is 0 Å². The van der Waals surface area contributed by atoms with Gasteiger partial charge in [-0.05, 0) is 250 Å². The van der Waals surface area contributed by atoms with Crippen LogP contribution < -0.4 is 9.80 Å². The number of anilines is 6.